The molecule has 3 nitrogen and oxygen atoms in total. The summed E-state index contributed by atoms with van der Waals surface area (Å²) in [4.78, 5) is 12.2. The second-order valence-corrected chi connectivity index (χ2v) is 6.37. The minimum Gasteiger partial charge on any atom is -0.496 e. The number of esters is 1. The van der Waals surface area contributed by atoms with Gasteiger partial charge in [-0.05, 0) is 42.7 Å². The topological polar surface area (TPSA) is 35.5 Å². The Kier molecular flexibility index (Phi) is 4.55. The summed E-state index contributed by atoms with van der Waals surface area (Å²) in [5, 5.41) is 0. The van der Waals surface area contributed by atoms with Gasteiger partial charge in [0.05, 0.1) is 12.7 Å². The number of hydrogen-bond donors (Lipinski definition) is 0. The second kappa shape index (κ2) is 6.22. The Morgan fingerprint density at radius 2 is 1.64 bits per heavy atom. The summed E-state index contributed by atoms with van der Waals surface area (Å²) in [7, 11) is 1.64. The molecule has 0 fully saturated rings. The highest BCUT2D eigenvalue weighted by Crippen LogP contribution is 2.34. The van der Waals surface area contributed by atoms with E-state index >= 15 is 0 Å². The molecule has 0 spiro atoms. The van der Waals surface area contributed by atoms with Crippen molar-refractivity contribution >= 4 is 5.97 Å². The van der Waals surface area contributed by atoms with Crippen LogP contribution in [0.2, 0.25) is 0 Å². The molecule has 0 aliphatic rings. The van der Waals surface area contributed by atoms with Gasteiger partial charge >= 0.3 is 5.97 Å². The number of carbonyl (C=O) groups is 1. The van der Waals surface area contributed by atoms with Gasteiger partial charge in [0.2, 0.25) is 0 Å². The molecule has 22 heavy (non-hydrogen) atoms. The Hall–Kier alpha value is -2.29. The SMILES string of the molecule is COc1ccc(OC(=O)c2ccc(C)cc2)cc1C(C)(C)C. The monoisotopic (exact) mass is 298 g/mol. The largest absolute Gasteiger partial charge is 0.496 e. The third kappa shape index (κ3) is 3.67. The summed E-state index contributed by atoms with van der Waals surface area (Å²) >= 11 is 0. The van der Waals surface area contributed by atoms with E-state index in [9.17, 15) is 4.79 Å². The molecule has 0 heterocycles. The lowest BCUT2D eigenvalue weighted by Gasteiger charge is -2.22. The average molecular weight is 298 g/mol. The van der Waals surface area contributed by atoms with Crippen molar-refractivity contribution in [1.29, 1.82) is 0 Å². The smallest absolute Gasteiger partial charge is 0.343 e. The van der Waals surface area contributed by atoms with Crippen molar-refractivity contribution in [2.24, 2.45) is 0 Å². The van der Waals surface area contributed by atoms with Crippen LogP contribution < -0.4 is 9.47 Å². The van der Waals surface area contributed by atoms with E-state index in [4.69, 9.17) is 9.47 Å². The molecule has 0 amide bonds. The van der Waals surface area contributed by atoms with Gasteiger partial charge in [-0.25, -0.2) is 4.79 Å². The number of hydrogen-bond acceptors (Lipinski definition) is 3. The quantitative estimate of drug-likeness (QED) is 0.617. The van der Waals surface area contributed by atoms with Gasteiger partial charge < -0.3 is 9.47 Å². The minimum atomic E-state index is -0.356. The third-order valence-electron chi connectivity index (χ3n) is 3.48. The van der Waals surface area contributed by atoms with E-state index in [0.29, 0.717) is 11.3 Å². The van der Waals surface area contributed by atoms with Crippen molar-refractivity contribution in [3.8, 4) is 11.5 Å². The first kappa shape index (κ1) is 16.1. The van der Waals surface area contributed by atoms with Crippen LogP contribution in [0.1, 0.15) is 42.3 Å². The maximum absolute atomic E-state index is 12.2. The summed E-state index contributed by atoms with van der Waals surface area (Å²) in [6.45, 7) is 8.26. The van der Waals surface area contributed by atoms with Crippen LogP contribution in [0, 0.1) is 6.92 Å². The van der Waals surface area contributed by atoms with Crippen LogP contribution in [0.15, 0.2) is 42.5 Å². The van der Waals surface area contributed by atoms with Gasteiger partial charge in [0.25, 0.3) is 0 Å². The Labute approximate surface area is 131 Å². The molecular formula is C19H22O3. The van der Waals surface area contributed by atoms with Crippen molar-refractivity contribution in [2.75, 3.05) is 7.11 Å². The van der Waals surface area contributed by atoms with Gasteiger partial charge in [-0.3, -0.25) is 0 Å². The summed E-state index contributed by atoms with van der Waals surface area (Å²) in [6.07, 6.45) is 0. The zero-order valence-electron chi connectivity index (χ0n) is 13.8. The van der Waals surface area contributed by atoms with E-state index in [1.807, 2.05) is 31.2 Å². The molecule has 0 aliphatic carbocycles. The van der Waals surface area contributed by atoms with E-state index in [1.54, 1.807) is 25.3 Å². The molecule has 0 aromatic heterocycles. The maximum Gasteiger partial charge on any atom is 0.343 e. The molecule has 2 aromatic carbocycles. The highest BCUT2D eigenvalue weighted by Gasteiger charge is 2.20. The first-order valence-electron chi connectivity index (χ1n) is 7.28. The van der Waals surface area contributed by atoms with Gasteiger partial charge in [-0.2, -0.15) is 0 Å². The highest BCUT2D eigenvalue weighted by molar-refractivity contribution is 5.91. The normalized spacial score (nSPS) is 11.1. The molecular weight excluding hydrogens is 276 g/mol. The number of rotatable bonds is 3. The Bertz CT molecular complexity index is 664. The predicted octanol–water partition coefficient (Wildman–Crippen LogP) is 4.52. The number of ether oxygens (including phenoxy) is 2. The first-order chi connectivity index (χ1) is 10.3. The zero-order valence-corrected chi connectivity index (χ0v) is 13.8. The Balaban J connectivity index is 2.26. The molecule has 0 unspecified atom stereocenters. The Morgan fingerprint density at radius 1 is 1.00 bits per heavy atom. The van der Waals surface area contributed by atoms with Gasteiger partial charge in [0.15, 0.2) is 0 Å². The molecule has 0 N–H and O–H groups in total. The van der Waals surface area contributed by atoms with Crippen molar-refractivity contribution < 1.29 is 14.3 Å². The molecule has 2 aromatic rings. The van der Waals surface area contributed by atoms with Crippen LogP contribution >= 0.6 is 0 Å². The lowest BCUT2D eigenvalue weighted by Crippen LogP contribution is -2.14. The van der Waals surface area contributed by atoms with Crippen molar-refractivity contribution in [3.63, 3.8) is 0 Å². The number of methoxy groups -OCH3 is 1. The molecule has 0 bridgehead atoms. The maximum atomic E-state index is 12.2. The molecule has 0 atom stereocenters. The highest BCUT2D eigenvalue weighted by atomic mass is 16.5. The van der Waals surface area contributed by atoms with E-state index in [2.05, 4.69) is 20.8 Å². The molecule has 0 radical (unpaired) electrons. The van der Waals surface area contributed by atoms with Gasteiger partial charge in [0, 0.05) is 5.56 Å². The summed E-state index contributed by atoms with van der Waals surface area (Å²) in [5.41, 5.74) is 2.55. The predicted molar refractivity (Wildman–Crippen MR) is 87.8 cm³/mol. The first-order valence-corrected chi connectivity index (χ1v) is 7.28. The molecule has 0 saturated heterocycles. The number of carbonyl (C=O) groups excluding carboxylic acids is 1. The fraction of sp³-hybridized carbons (Fsp3) is 0.316. The number of aryl methyl sites for hydroxylation is 1. The molecule has 116 valence electrons. The molecule has 3 heteroatoms. The molecule has 0 aliphatic heterocycles. The minimum absolute atomic E-state index is 0.0996. The van der Waals surface area contributed by atoms with Crippen molar-refractivity contribution in [3.05, 3.63) is 59.2 Å². The van der Waals surface area contributed by atoms with Gasteiger partial charge in [-0.15, -0.1) is 0 Å². The zero-order chi connectivity index (χ0) is 16.3. The summed E-state index contributed by atoms with van der Waals surface area (Å²) < 4.78 is 10.9. The third-order valence-corrected chi connectivity index (χ3v) is 3.48. The molecule has 0 saturated carbocycles. The van der Waals surface area contributed by atoms with Crippen LogP contribution in [-0.2, 0) is 5.41 Å². The van der Waals surface area contributed by atoms with Crippen molar-refractivity contribution in [2.45, 2.75) is 33.1 Å². The molecule has 2 rings (SSSR count). The lowest BCUT2D eigenvalue weighted by molar-refractivity contribution is 0.0734. The lowest BCUT2D eigenvalue weighted by atomic mass is 9.86. The van der Waals surface area contributed by atoms with E-state index < -0.39 is 0 Å². The second-order valence-electron chi connectivity index (χ2n) is 6.37. The van der Waals surface area contributed by atoms with Crippen LogP contribution in [0.25, 0.3) is 0 Å². The Morgan fingerprint density at radius 3 is 2.18 bits per heavy atom. The van der Waals surface area contributed by atoms with Crippen LogP contribution in [0.3, 0.4) is 0 Å². The van der Waals surface area contributed by atoms with E-state index in [-0.39, 0.29) is 11.4 Å². The standard InChI is InChI=1S/C19H22O3/c1-13-6-8-14(9-7-13)18(20)22-15-10-11-17(21-5)16(12-15)19(2,3)4/h6-12H,1-5H3. The van der Waals surface area contributed by atoms with Crippen LogP contribution in [-0.4, -0.2) is 13.1 Å². The average Bonchev–Trinajstić information content (AvgIpc) is 2.47. The van der Waals surface area contributed by atoms with Crippen LogP contribution in [0.5, 0.6) is 11.5 Å². The van der Waals surface area contributed by atoms with E-state index in [0.717, 1.165) is 16.9 Å². The van der Waals surface area contributed by atoms with E-state index in [1.165, 1.54) is 0 Å². The van der Waals surface area contributed by atoms with Gasteiger partial charge in [-0.1, -0.05) is 38.5 Å². The fourth-order valence-corrected chi connectivity index (χ4v) is 2.19. The van der Waals surface area contributed by atoms with Gasteiger partial charge in [0.1, 0.15) is 11.5 Å². The number of benzene rings is 2. The summed E-state index contributed by atoms with van der Waals surface area (Å²) in [6, 6.07) is 12.8. The summed E-state index contributed by atoms with van der Waals surface area (Å²) in [5.74, 6) is 0.962. The van der Waals surface area contributed by atoms with Crippen molar-refractivity contribution in [1.82, 2.24) is 0 Å². The van der Waals surface area contributed by atoms with Crippen LogP contribution in [0.4, 0.5) is 0 Å². The fourth-order valence-electron chi connectivity index (χ4n) is 2.19.